The first-order valence-corrected chi connectivity index (χ1v) is 10.0. The summed E-state index contributed by atoms with van der Waals surface area (Å²) in [6, 6.07) is 12.8. The number of nitrogens with zero attached hydrogens (tertiary/aromatic N) is 1. The standard InChI is InChI=1S/C26H22NO2/c1-13-7-6-8-18-22-19(28-24(13)18)12-17-9-10-27(5)23-20-16(4)14(2)11-15(3)25(20)29-26(22)21(17)23/h6-12H,1-5H3/q+1. The highest BCUT2D eigenvalue weighted by molar-refractivity contribution is 6.19. The van der Waals surface area contributed by atoms with Gasteiger partial charge in [-0.05, 0) is 56.0 Å². The summed E-state index contributed by atoms with van der Waals surface area (Å²) >= 11 is 0. The highest BCUT2D eigenvalue weighted by atomic mass is 16.5. The molecule has 29 heavy (non-hydrogen) atoms. The molecule has 0 amide bonds. The molecule has 142 valence electrons. The molecule has 5 aromatic rings. The highest BCUT2D eigenvalue weighted by Crippen LogP contribution is 2.52. The summed E-state index contributed by atoms with van der Waals surface area (Å²) < 4.78 is 15.2. The van der Waals surface area contributed by atoms with Crippen LogP contribution in [0, 0.1) is 27.7 Å². The molecule has 0 unspecified atom stereocenters. The number of aromatic nitrogens is 1. The molecule has 6 rings (SSSR count). The number of furan rings is 1. The first kappa shape index (κ1) is 16.6. The van der Waals surface area contributed by atoms with Crippen LogP contribution in [0.3, 0.4) is 0 Å². The first-order chi connectivity index (χ1) is 14.0. The molecule has 3 heterocycles. The van der Waals surface area contributed by atoms with Crippen molar-refractivity contribution in [2.45, 2.75) is 27.7 Å². The fraction of sp³-hybridized carbons (Fsp3) is 0.192. The second kappa shape index (κ2) is 5.38. The third kappa shape index (κ3) is 2.00. The van der Waals surface area contributed by atoms with E-state index in [2.05, 4.69) is 81.9 Å². The quantitative estimate of drug-likeness (QED) is 0.279. The van der Waals surface area contributed by atoms with E-state index in [1.807, 2.05) is 0 Å². The van der Waals surface area contributed by atoms with Crippen molar-refractivity contribution < 1.29 is 13.7 Å². The van der Waals surface area contributed by atoms with Gasteiger partial charge >= 0.3 is 0 Å². The third-order valence-corrected chi connectivity index (χ3v) is 6.46. The lowest BCUT2D eigenvalue weighted by Crippen LogP contribution is -2.32. The molecule has 1 aliphatic rings. The Morgan fingerprint density at radius 3 is 2.48 bits per heavy atom. The Morgan fingerprint density at radius 2 is 1.66 bits per heavy atom. The Bertz CT molecular complexity index is 1520. The zero-order valence-electron chi connectivity index (χ0n) is 17.3. The van der Waals surface area contributed by atoms with Crippen LogP contribution in [0.5, 0.6) is 11.5 Å². The van der Waals surface area contributed by atoms with Crippen LogP contribution in [0.25, 0.3) is 44.0 Å². The summed E-state index contributed by atoms with van der Waals surface area (Å²) in [7, 11) is 2.12. The van der Waals surface area contributed by atoms with Crippen molar-refractivity contribution in [3.63, 3.8) is 0 Å². The number of rotatable bonds is 0. The van der Waals surface area contributed by atoms with Crippen LogP contribution in [-0.2, 0) is 7.05 Å². The lowest BCUT2D eigenvalue weighted by Gasteiger charge is -2.23. The largest absolute Gasteiger partial charge is 0.456 e. The minimum Gasteiger partial charge on any atom is -0.456 e. The number of hydrogen-bond donors (Lipinski definition) is 0. The van der Waals surface area contributed by atoms with E-state index in [1.54, 1.807) is 0 Å². The molecule has 0 atom stereocenters. The lowest BCUT2D eigenvalue weighted by atomic mass is 9.90. The maximum absolute atomic E-state index is 6.72. The van der Waals surface area contributed by atoms with Crippen LogP contribution in [0.4, 0.5) is 0 Å². The second-order valence-corrected chi connectivity index (χ2v) is 8.31. The molecule has 1 aliphatic heterocycles. The van der Waals surface area contributed by atoms with Crippen molar-refractivity contribution in [2.75, 3.05) is 0 Å². The topological polar surface area (TPSA) is 26.2 Å². The van der Waals surface area contributed by atoms with Crippen molar-refractivity contribution in [3.05, 3.63) is 64.8 Å². The van der Waals surface area contributed by atoms with Gasteiger partial charge in [-0.15, -0.1) is 0 Å². The van der Waals surface area contributed by atoms with E-state index in [0.29, 0.717) is 0 Å². The van der Waals surface area contributed by atoms with Crippen LogP contribution in [0.1, 0.15) is 22.3 Å². The summed E-state index contributed by atoms with van der Waals surface area (Å²) in [6.07, 6.45) is 2.13. The van der Waals surface area contributed by atoms with E-state index < -0.39 is 0 Å². The van der Waals surface area contributed by atoms with E-state index in [1.165, 1.54) is 22.4 Å². The molecule has 2 aromatic heterocycles. The van der Waals surface area contributed by atoms with Gasteiger partial charge in [0, 0.05) is 16.8 Å². The Morgan fingerprint density at radius 1 is 0.828 bits per heavy atom. The number of hydrogen-bond acceptors (Lipinski definition) is 2. The van der Waals surface area contributed by atoms with Gasteiger partial charge in [-0.3, -0.25) is 0 Å². The zero-order valence-corrected chi connectivity index (χ0v) is 17.3. The van der Waals surface area contributed by atoms with Gasteiger partial charge < -0.3 is 9.15 Å². The Labute approximate surface area is 169 Å². The number of benzene rings is 3. The van der Waals surface area contributed by atoms with E-state index in [-0.39, 0.29) is 0 Å². The highest BCUT2D eigenvalue weighted by Gasteiger charge is 2.33. The molecular weight excluding hydrogens is 358 g/mol. The number of pyridine rings is 1. The molecular formula is C26H22NO2+. The molecule has 0 spiro atoms. The lowest BCUT2D eigenvalue weighted by molar-refractivity contribution is -0.659. The van der Waals surface area contributed by atoms with Gasteiger partial charge in [0.25, 0.3) is 0 Å². The molecule has 3 nitrogen and oxygen atoms in total. The molecule has 3 aromatic carbocycles. The van der Waals surface area contributed by atoms with Gasteiger partial charge in [0.2, 0.25) is 5.69 Å². The van der Waals surface area contributed by atoms with Crippen LogP contribution in [-0.4, -0.2) is 0 Å². The molecule has 0 saturated heterocycles. The summed E-state index contributed by atoms with van der Waals surface area (Å²) in [5.74, 6) is 1.87. The molecule has 0 fully saturated rings. The van der Waals surface area contributed by atoms with Gasteiger partial charge in [0.05, 0.1) is 16.3 Å². The van der Waals surface area contributed by atoms with E-state index >= 15 is 0 Å². The monoisotopic (exact) mass is 380 g/mol. The summed E-state index contributed by atoms with van der Waals surface area (Å²) in [6.45, 7) is 8.59. The smallest absolute Gasteiger partial charge is 0.228 e. The van der Waals surface area contributed by atoms with Gasteiger partial charge in [-0.2, -0.15) is 0 Å². The Kier molecular flexibility index (Phi) is 3.08. The van der Waals surface area contributed by atoms with Gasteiger partial charge in [0.1, 0.15) is 24.0 Å². The third-order valence-electron chi connectivity index (χ3n) is 6.46. The van der Waals surface area contributed by atoms with Crippen molar-refractivity contribution in [3.8, 4) is 22.8 Å². The van der Waals surface area contributed by atoms with Gasteiger partial charge in [-0.25, -0.2) is 4.57 Å². The second-order valence-electron chi connectivity index (χ2n) is 8.31. The predicted molar refractivity (Wildman–Crippen MR) is 117 cm³/mol. The number of ether oxygens (including phenoxy) is 1. The molecule has 0 bridgehead atoms. The van der Waals surface area contributed by atoms with Crippen molar-refractivity contribution in [2.24, 2.45) is 7.05 Å². The van der Waals surface area contributed by atoms with Crippen molar-refractivity contribution >= 4 is 32.7 Å². The van der Waals surface area contributed by atoms with Crippen LogP contribution in [0.15, 0.2) is 47.0 Å². The average Bonchev–Trinajstić information content (AvgIpc) is 3.08. The number of fused-ring (bicyclic) bond motifs is 6. The minimum absolute atomic E-state index is 0.876. The summed E-state index contributed by atoms with van der Waals surface area (Å²) in [4.78, 5) is 0. The zero-order chi connectivity index (χ0) is 20.0. The average molecular weight is 380 g/mol. The SMILES string of the molecule is Cc1cc(C)c2c(c1C)-c1c3c(c4c(cc3cc[n+]1C)oc1c(C)cccc14)O2. The van der Waals surface area contributed by atoms with Gasteiger partial charge in [0.15, 0.2) is 11.9 Å². The molecule has 0 N–H and O–H groups in total. The minimum atomic E-state index is 0.876. The fourth-order valence-electron chi connectivity index (χ4n) is 4.89. The number of para-hydroxylation sites is 1. The van der Waals surface area contributed by atoms with Crippen LogP contribution in [0.2, 0.25) is 0 Å². The summed E-state index contributed by atoms with van der Waals surface area (Å²) in [5.41, 5.74) is 9.08. The maximum atomic E-state index is 6.72. The molecule has 3 heteroatoms. The Hall–Kier alpha value is -3.33. The molecule has 0 saturated carbocycles. The predicted octanol–water partition coefficient (Wildman–Crippen LogP) is 6.57. The van der Waals surface area contributed by atoms with Crippen LogP contribution >= 0.6 is 0 Å². The summed E-state index contributed by atoms with van der Waals surface area (Å²) in [5, 5.41) is 4.47. The van der Waals surface area contributed by atoms with E-state index in [9.17, 15) is 0 Å². The van der Waals surface area contributed by atoms with E-state index in [4.69, 9.17) is 9.15 Å². The molecule has 0 aliphatic carbocycles. The van der Waals surface area contributed by atoms with Crippen molar-refractivity contribution in [1.29, 1.82) is 0 Å². The van der Waals surface area contributed by atoms with Gasteiger partial charge in [-0.1, -0.05) is 24.3 Å². The van der Waals surface area contributed by atoms with Crippen molar-refractivity contribution in [1.82, 2.24) is 0 Å². The van der Waals surface area contributed by atoms with E-state index in [0.717, 1.165) is 55.3 Å². The van der Waals surface area contributed by atoms with Crippen LogP contribution < -0.4 is 9.30 Å². The number of aryl methyl sites for hydroxylation is 4. The Balaban J connectivity index is 1.90. The normalized spacial score (nSPS) is 12.6. The molecule has 0 radical (unpaired) electrons. The first-order valence-electron chi connectivity index (χ1n) is 10.0. The fourth-order valence-corrected chi connectivity index (χ4v) is 4.89. The maximum Gasteiger partial charge on any atom is 0.228 e.